The highest BCUT2D eigenvalue weighted by atomic mass is 16.1. The lowest BCUT2D eigenvalue weighted by atomic mass is 9.46. The Morgan fingerprint density at radius 3 is 2.25 bits per heavy atom. The van der Waals surface area contributed by atoms with Gasteiger partial charge in [0.05, 0.1) is 0 Å². The largest absolute Gasteiger partial charge is 0.298 e. The first-order valence-electron chi connectivity index (χ1n) is 6.99. The molecule has 20 heavy (non-hydrogen) atoms. The van der Waals surface area contributed by atoms with Gasteiger partial charge in [0, 0.05) is 16.4 Å². The van der Waals surface area contributed by atoms with Crippen LogP contribution in [0.3, 0.4) is 0 Å². The zero-order chi connectivity index (χ0) is 14.0. The summed E-state index contributed by atoms with van der Waals surface area (Å²) < 4.78 is 0. The van der Waals surface area contributed by atoms with E-state index in [0.717, 1.165) is 11.9 Å². The normalized spacial score (nSPS) is 36.2. The van der Waals surface area contributed by atoms with Gasteiger partial charge in [-0.25, -0.2) is 0 Å². The van der Waals surface area contributed by atoms with E-state index in [1.54, 1.807) is 0 Å². The Morgan fingerprint density at radius 2 is 1.45 bits per heavy atom. The molecule has 98 valence electrons. The predicted molar refractivity (Wildman–Crippen MR) is 81.0 cm³/mol. The third-order valence-corrected chi connectivity index (χ3v) is 5.53. The van der Waals surface area contributed by atoms with E-state index in [0.29, 0.717) is 0 Å². The molecule has 1 heteroatoms. The second-order valence-electron chi connectivity index (χ2n) is 6.17. The molecule has 0 saturated carbocycles. The van der Waals surface area contributed by atoms with Crippen molar-refractivity contribution >= 4 is 6.29 Å². The maximum atomic E-state index is 11.2. The fourth-order valence-electron chi connectivity index (χ4n) is 4.07. The minimum absolute atomic E-state index is 0.0443. The summed E-state index contributed by atoms with van der Waals surface area (Å²) in [5.74, 6) is 0. The van der Waals surface area contributed by atoms with Crippen LogP contribution >= 0.6 is 0 Å². The Kier molecular flexibility index (Phi) is 2.03. The van der Waals surface area contributed by atoms with Crippen molar-refractivity contribution in [3.8, 4) is 0 Å². The summed E-state index contributed by atoms with van der Waals surface area (Å²) in [6.07, 6.45) is 20.3. The van der Waals surface area contributed by atoms with Crippen molar-refractivity contribution in [3.63, 3.8) is 0 Å². The maximum absolute atomic E-state index is 11.2. The van der Waals surface area contributed by atoms with Crippen LogP contribution in [0.4, 0.5) is 0 Å². The lowest BCUT2D eigenvalue weighted by molar-refractivity contribution is -0.104. The van der Waals surface area contributed by atoms with Crippen molar-refractivity contribution in [1.82, 2.24) is 0 Å². The van der Waals surface area contributed by atoms with Gasteiger partial charge in [0.2, 0.25) is 0 Å². The first-order chi connectivity index (χ1) is 9.60. The van der Waals surface area contributed by atoms with Crippen molar-refractivity contribution in [2.75, 3.05) is 0 Å². The minimum atomic E-state index is -0.0884. The van der Waals surface area contributed by atoms with Gasteiger partial charge in [-0.05, 0) is 34.4 Å². The van der Waals surface area contributed by atoms with Crippen molar-refractivity contribution in [2.24, 2.45) is 10.8 Å². The van der Waals surface area contributed by atoms with Gasteiger partial charge in [-0.1, -0.05) is 56.4 Å². The van der Waals surface area contributed by atoms with Crippen LogP contribution in [0, 0.1) is 10.8 Å². The molecule has 2 unspecified atom stereocenters. The SMILES string of the molecule is CC12C3=CC=CC1=CC=C1C=C(C=O)C=C(C=C3)C12C. The molecular formula is C19H16O. The van der Waals surface area contributed by atoms with Crippen molar-refractivity contribution in [3.05, 3.63) is 82.5 Å². The van der Waals surface area contributed by atoms with E-state index in [1.807, 2.05) is 12.2 Å². The highest BCUT2D eigenvalue weighted by molar-refractivity contribution is 5.82. The van der Waals surface area contributed by atoms with Gasteiger partial charge in [0.1, 0.15) is 6.29 Å². The average Bonchev–Trinajstić information content (AvgIpc) is 2.45. The molecule has 0 heterocycles. The molecule has 1 nitrogen and oxygen atoms in total. The van der Waals surface area contributed by atoms with Gasteiger partial charge in [0.25, 0.3) is 0 Å². The van der Waals surface area contributed by atoms with E-state index >= 15 is 0 Å². The topological polar surface area (TPSA) is 17.1 Å². The van der Waals surface area contributed by atoms with E-state index in [-0.39, 0.29) is 10.8 Å². The third-order valence-electron chi connectivity index (χ3n) is 5.53. The maximum Gasteiger partial charge on any atom is 0.150 e. The van der Waals surface area contributed by atoms with E-state index in [9.17, 15) is 4.79 Å². The molecule has 0 amide bonds. The van der Waals surface area contributed by atoms with Crippen LogP contribution in [0.2, 0.25) is 0 Å². The molecule has 0 radical (unpaired) electrons. The van der Waals surface area contributed by atoms with Crippen LogP contribution < -0.4 is 0 Å². The number of aldehydes is 1. The molecule has 0 aliphatic heterocycles. The van der Waals surface area contributed by atoms with Gasteiger partial charge in [-0.15, -0.1) is 0 Å². The van der Waals surface area contributed by atoms with E-state index in [4.69, 9.17) is 0 Å². The Bertz CT molecular complexity index is 749. The molecule has 4 rings (SSSR count). The number of hydrogen-bond acceptors (Lipinski definition) is 1. The Morgan fingerprint density at radius 1 is 0.800 bits per heavy atom. The lowest BCUT2D eigenvalue weighted by Gasteiger charge is -2.56. The quantitative estimate of drug-likeness (QED) is 0.651. The number of carbonyl (C=O) groups is 1. The summed E-state index contributed by atoms with van der Waals surface area (Å²) in [6.45, 7) is 4.62. The highest BCUT2D eigenvalue weighted by Gasteiger charge is 2.55. The van der Waals surface area contributed by atoms with E-state index in [1.165, 1.54) is 22.3 Å². The summed E-state index contributed by atoms with van der Waals surface area (Å²) >= 11 is 0. The Balaban J connectivity index is 2.11. The molecule has 2 atom stereocenters. The second-order valence-corrected chi connectivity index (χ2v) is 6.17. The second kappa shape index (κ2) is 3.49. The van der Waals surface area contributed by atoms with E-state index in [2.05, 4.69) is 56.4 Å². The summed E-state index contributed by atoms with van der Waals surface area (Å²) in [7, 11) is 0. The van der Waals surface area contributed by atoms with Crippen LogP contribution in [0.5, 0.6) is 0 Å². The van der Waals surface area contributed by atoms with Gasteiger partial charge in [-0.3, -0.25) is 4.79 Å². The fourth-order valence-corrected chi connectivity index (χ4v) is 4.07. The van der Waals surface area contributed by atoms with E-state index < -0.39 is 0 Å². The lowest BCUT2D eigenvalue weighted by Crippen LogP contribution is -2.47. The Hall–Kier alpha value is -2.15. The number of carbonyl (C=O) groups excluding carboxylic acids is 1. The van der Waals surface area contributed by atoms with Crippen LogP contribution in [0.1, 0.15) is 13.8 Å². The molecule has 0 fully saturated rings. The van der Waals surface area contributed by atoms with Crippen LogP contribution in [0.15, 0.2) is 82.5 Å². The van der Waals surface area contributed by atoms with Gasteiger partial charge < -0.3 is 0 Å². The Labute approximate surface area is 119 Å². The average molecular weight is 260 g/mol. The van der Waals surface area contributed by atoms with Crippen LogP contribution in [-0.4, -0.2) is 6.29 Å². The third kappa shape index (κ3) is 1.08. The van der Waals surface area contributed by atoms with Gasteiger partial charge in [-0.2, -0.15) is 0 Å². The molecular weight excluding hydrogens is 244 g/mol. The molecule has 0 aromatic heterocycles. The van der Waals surface area contributed by atoms with Crippen LogP contribution in [0.25, 0.3) is 0 Å². The first kappa shape index (κ1) is 11.7. The summed E-state index contributed by atoms with van der Waals surface area (Å²) in [4.78, 5) is 11.2. The van der Waals surface area contributed by atoms with Crippen LogP contribution in [-0.2, 0) is 4.79 Å². The molecule has 0 aromatic carbocycles. The fraction of sp³-hybridized carbons (Fsp3) is 0.211. The molecule has 0 N–H and O–H groups in total. The number of rotatable bonds is 1. The first-order valence-corrected chi connectivity index (χ1v) is 6.99. The van der Waals surface area contributed by atoms with Gasteiger partial charge in [0.15, 0.2) is 0 Å². The summed E-state index contributed by atoms with van der Waals surface area (Å²) in [5, 5.41) is 0. The smallest absolute Gasteiger partial charge is 0.150 e. The molecule has 0 bridgehead atoms. The highest BCUT2D eigenvalue weighted by Crippen LogP contribution is 2.64. The molecule has 0 spiro atoms. The van der Waals surface area contributed by atoms with Crippen molar-refractivity contribution in [2.45, 2.75) is 13.8 Å². The molecule has 0 saturated heterocycles. The van der Waals surface area contributed by atoms with Crippen molar-refractivity contribution in [1.29, 1.82) is 0 Å². The van der Waals surface area contributed by atoms with Crippen molar-refractivity contribution < 1.29 is 4.79 Å². The zero-order valence-corrected chi connectivity index (χ0v) is 11.7. The number of allylic oxidation sites excluding steroid dienone is 14. The minimum Gasteiger partial charge on any atom is -0.298 e. The molecule has 4 aliphatic carbocycles. The predicted octanol–water partition coefficient (Wildman–Crippen LogP) is 4.00. The zero-order valence-electron chi connectivity index (χ0n) is 11.7. The van der Waals surface area contributed by atoms with Gasteiger partial charge >= 0.3 is 0 Å². The molecule has 0 aromatic rings. The summed E-state index contributed by atoms with van der Waals surface area (Å²) in [5.41, 5.74) is 5.78. The summed E-state index contributed by atoms with van der Waals surface area (Å²) in [6, 6.07) is 0. The number of hydrogen-bond donors (Lipinski definition) is 0. The standard InChI is InChI=1S/C19H16O/c1-18-14-4-3-5-15(18)7-9-17-11-13(12-20)10-16(8-6-14)19(17,18)2/h3-12H,1-2H3. The molecule has 4 aliphatic rings. The monoisotopic (exact) mass is 260 g/mol.